The number of oxime groups is 1. The second-order valence-electron chi connectivity index (χ2n) is 6.79. The maximum absolute atomic E-state index is 12.9. The van der Waals surface area contributed by atoms with Crippen molar-refractivity contribution in [3.05, 3.63) is 35.7 Å². The Bertz CT molecular complexity index is 916. The first-order valence-corrected chi connectivity index (χ1v) is 9.84. The number of carboxylic acids is 1. The van der Waals surface area contributed by atoms with Crippen LogP contribution in [0.4, 0.5) is 5.82 Å². The molecule has 1 aromatic rings. The third-order valence-corrected chi connectivity index (χ3v) is 5.47. The molecule has 3 atom stereocenters. The average molecular weight is 419 g/mol. The molecular formula is C18H21N5O5S. The Labute approximate surface area is 171 Å². The van der Waals surface area contributed by atoms with E-state index in [-0.39, 0.29) is 34.3 Å². The molecule has 0 bridgehead atoms. The Hall–Kier alpha value is -3.08. The van der Waals surface area contributed by atoms with Gasteiger partial charge in [-0.1, -0.05) is 11.2 Å². The van der Waals surface area contributed by atoms with E-state index in [0.717, 1.165) is 0 Å². The number of anilines is 1. The molecule has 1 fully saturated rings. The number of thioether (sulfide) groups is 1. The molecule has 0 aromatic carbocycles. The van der Waals surface area contributed by atoms with Gasteiger partial charge in [0.25, 0.3) is 11.8 Å². The molecule has 0 radical (unpaired) electrons. The molecule has 2 aliphatic rings. The molecule has 1 saturated heterocycles. The molecule has 29 heavy (non-hydrogen) atoms. The van der Waals surface area contributed by atoms with Crippen LogP contribution in [0, 0.1) is 0 Å². The van der Waals surface area contributed by atoms with Crippen LogP contribution in [0.3, 0.4) is 0 Å². The number of nitrogens with two attached hydrogens (primary N) is 1. The Morgan fingerprint density at radius 1 is 1.41 bits per heavy atom. The normalized spacial score (nSPS) is 23.8. The topological polar surface area (TPSA) is 147 Å². The van der Waals surface area contributed by atoms with Gasteiger partial charge in [-0.25, -0.2) is 9.78 Å². The highest BCUT2D eigenvalue weighted by molar-refractivity contribution is 8.00. The molecule has 0 aliphatic carbocycles. The van der Waals surface area contributed by atoms with Gasteiger partial charge >= 0.3 is 5.97 Å². The maximum Gasteiger partial charge on any atom is 0.352 e. The quantitative estimate of drug-likeness (QED) is 0.344. The Kier molecular flexibility index (Phi) is 5.78. The number of fused-ring (bicyclic) bond motifs is 1. The number of carbonyl (C=O) groups is 3. The molecule has 0 saturated carbocycles. The predicted molar refractivity (Wildman–Crippen MR) is 107 cm³/mol. The molecule has 154 valence electrons. The molecule has 3 rings (SSSR count). The zero-order valence-corrected chi connectivity index (χ0v) is 16.8. The lowest BCUT2D eigenvalue weighted by atomic mass is 10.0. The first kappa shape index (κ1) is 20.6. The third-order valence-electron chi connectivity index (χ3n) is 4.14. The highest BCUT2D eigenvalue weighted by Crippen LogP contribution is 2.40. The van der Waals surface area contributed by atoms with Gasteiger partial charge in [0.1, 0.15) is 34.7 Å². The number of amides is 2. The zero-order chi connectivity index (χ0) is 21.3. The first-order chi connectivity index (χ1) is 13.7. The van der Waals surface area contributed by atoms with Crippen LogP contribution in [0.5, 0.6) is 0 Å². The van der Waals surface area contributed by atoms with Crippen molar-refractivity contribution in [1.82, 2.24) is 15.2 Å². The standard InChI is InChI=1S/C18H21N5O5S/c1-8(2)28-22-13(10-5-4-6-12(19)20-10)15(24)21-14-16(25)23-11(18(26)27)7-9(3)29-17(14)23/h4-9,14,17H,1-3H3,(H2,19,20)(H,21,24)(H,26,27)/t9?,14?,17-/m1/s1. The van der Waals surface area contributed by atoms with Crippen LogP contribution in [0.2, 0.25) is 0 Å². The van der Waals surface area contributed by atoms with Gasteiger partial charge in [-0.05, 0) is 39.0 Å². The van der Waals surface area contributed by atoms with Gasteiger partial charge in [-0.3, -0.25) is 14.5 Å². The van der Waals surface area contributed by atoms with Crippen molar-refractivity contribution >= 4 is 41.1 Å². The summed E-state index contributed by atoms with van der Waals surface area (Å²) < 4.78 is 0. The van der Waals surface area contributed by atoms with Crippen molar-refractivity contribution in [3.63, 3.8) is 0 Å². The van der Waals surface area contributed by atoms with Crippen molar-refractivity contribution in [2.24, 2.45) is 5.16 Å². The number of hydrogen-bond donors (Lipinski definition) is 3. The molecule has 3 heterocycles. The fourth-order valence-electron chi connectivity index (χ4n) is 2.88. The molecule has 2 amide bonds. The summed E-state index contributed by atoms with van der Waals surface area (Å²) in [6.45, 7) is 5.32. The lowest BCUT2D eigenvalue weighted by molar-refractivity contribution is -0.150. The van der Waals surface area contributed by atoms with Gasteiger partial charge < -0.3 is 21.0 Å². The van der Waals surface area contributed by atoms with E-state index in [1.54, 1.807) is 32.0 Å². The molecule has 2 aliphatic heterocycles. The van der Waals surface area contributed by atoms with Gasteiger partial charge in [-0.2, -0.15) is 0 Å². The second kappa shape index (κ2) is 8.11. The van der Waals surface area contributed by atoms with Crippen molar-refractivity contribution in [2.45, 2.75) is 43.5 Å². The summed E-state index contributed by atoms with van der Waals surface area (Å²) in [6.07, 6.45) is 1.23. The minimum Gasteiger partial charge on any atom is -0.477 e. The van der Waals surface area contributed by atoms with Crippen LogP contribution in [0.1, 0.15) is 26.5 Å². The first-order valence-electron chi connectivity index (χ1n) is 8.90. The summed E-state index contributed by atoms with van der Waals surface area (Å²) in [5.74, 6) is -2.15. The molecule has 1 aromatic heterocycles. The van der Waals surface area contributed by atoms with Crippen molar-refractivity contribution < 1.29 is 24.3 Å². The summed E-state index contributed by atoms with van der Waals surface area (Å²) in [4.78, 5) is 47.3. The van der Waals surface area contributed by atoms with Gasteiger partial charge in [-0.15, -0.1) is 11.8 Å². The Balaban J connectivity index is 1.82. The molecular weight excluding hydrogens is 398 g/mol. The van der Waals surface area contributed by atoms with E-state index in [1.807, 2.05) is 6.92 Å². The van der Waals surface area contributed by atoms with Crippen LogP contribution in [0.15, 0.2) is 35.1 Å². The van der Waals surface area contributed by atoms with Crippen LogP contribution in [-0.2, 0) is 19.2 Å². The smallest absolute Gasteiger partial charge is 0.352 e. The molecule has 2 unspecified atom stereocenters. The summed E-state index contributed by atoms with van der Waals surface area (Å²) in [6, 6.07) is 3.85. The highest BCUT2D eigenvalue weighted by Gasteiger charge is 2.54. The number of rotatable bonds is 6. The Morgan fingerprint density at radius 2 is 2.14 bits per heavy atom. The number of aliphatic carboxylic acids is 1. The van der Waals surface area contributed by atoms with E-state index in [4.69, 9.17) is 10.6 Å². The largest absolute Gasteiger partial charge is 0.477 e. The van der Waals surface area contributed by atoms with Gasteiger partial charge in [0, 0.05) is 5.25 Å². The SMILES string of the molecule is CC(C)ON=C(C(=O)NC1C(=O)N2C(C(=O)O)=CC(C)S[C@H]12)c1cccc(N)n1. The second-order valence-corrected chi connectivity index (χ2v) is 8.29. The fourth-order valence-corrected chi connectivity index (χ4v) is 4.21. The summed E-state index contributed by atoms with van der Waals surface area (Å²) in [5, 5.41) is 15.2. The molecule has 11 heteroatoms. The number of carboxylic acid groups (broad SMARTS) is 1. The van der Waals surface area contributed by atoms with Crippen molar-refractivity contribution in [1.29, 1.82) is 0 Å². The van der Waals surface area contributed by atoms with Crippen LogP contribution < -0.4 is 11.1 Å². The van der Waals surface area contributed by atoms with Gasteiger partial charge in [0.15, 0.2) is 5.71 Å². The van der Waals surface area contributed by atoms with Crippen molar-refractivity contribution in [3.8, 4) is 0 Å². The highest BCUT2D eigenvalue weighted by atomic mass is 32.2. The number of carbonyl (C=O) groups excluding carboxylic acids is 2. The minimum atomic E-state index is -1.18. The number of nitrogens with zero attached hydrogens (tertiary/aromatic N) is 3. The average Bonchev–Trinajstić information content (AvgIpc) is 2.65. The monoisotopic (exact) mass is 419 g/mol. The van der Waals surface area contributed by atoms with E-state index >= 15 is 0 Å². The lowest BCUT2D eigenvalue weighted by Crippen LogP contribution is -2.71. The number of aromatic nitrogens is 1. The van der Waals surface area contributed by atoms with E-state index in [1.165, 1.54) is 22.7 Å². The van der Waals surface area contributed by atoms with Crippen LogP contribution in [0.25, 0.3) is 0 Å². The van der Waals surface area contributed by atoms with E-state index < -0.39 is 29.2 Å². The summed E-state index contributed by atoms with van der Waals surface area (Å²) >= 11 is 1.38. The maximum atomic E-state index is 12.9. The van der Waals surface area contributed by atoms with Crippen molar-refractivity contribution in [2.75, 3.05) is 5.73 Å². The van der Waals surface area contributed by atoms with E-state index in [9.17, 15) is 19.5 Å². The number of nitrogens with one attached hydrogen (secondary N) is 1. The van der Waals surface area contributed by atoms with Crippen LogP contribution in [-0.4, -0.2) is 61.3 Å². The molecule has 4 N–H and O–H groups in total. The number of hydrogen-bond acceptors (Lipinski definition) is 8. The minimum absolute atomic E-state index is 0.0775. The van der Waals surface area contributed by atoms with E-state index in [0.29, 0.717) is 0 Å². The van der Waals surface area contributed by atoms with Gasteiger partial charge in [0.2, 0.25) is 0 Å². The fraction of sp³-hybridized carbons (Fsp3) is 0.389. The van der Waals surface area contributed by atoms with E-state index in [2.05, 4.69) is 15.5 Å². The summed E-state index contributed by atoms with van der Waals surface area (Å²) in [5.41, 5.74) is 5.69. The number of nitrogen functional groups attached to an aromatic ring is 1. The molecule has 10 nitrogen and oxygen atoms in total. The lowest BCUT2D eigenvalue weighted by Gasteiger charge is -2.49. The number of pyridine rings is 1. The Morgan fingerprint density at radius 3 is 2.76 bits per heavy atom. The third kappa shape index (κ3) is 4.19. The predicted octanol–water partition coefficient (Wildman–Crippen LogP) is 0.550. The molecule has 0 spiro atoms. The van der Waals surface area contributed by atoms with Crippen LogP contribution >= 0.6 is 11.8 Å². The van der Waals surface area contributed by atoms with Gasteiger partial charge in [0.05, 0.1) is 0 Å². The summed E-state index contributed by atoms with van der Waals surface area (Å²) in [7, 11) is 0. The zero-order valence-electron chi connectivity index (χ0n) is 16.0. The number of β-lactam (4-membered cyclic amide) rings is 1.